The zero-order chi connectivity index (χ0) is 14.0. The number of halogens is 1. The van der Waals surface area contributed by atoms with E-state index in [4.69, 9.17) is 11.6 Å². The molecule has 0 aliphatic carbocycles. The fraction of sp³-hybridized carbons (Fsp3) is 0.889. The molecule has 0 atom stereocenters. The van der Waals surface area contributed by atoms with Crippen molar-refractivity contribution < 1.29 is 0 Å². The van der Waals surface area contributed by atoms with Crippen LogP contribution in [-0.2, 0) is 0 Å². The van der Waals surface area contributed by atoms with Crippen molar-refractivity contribution in [2.24, 2.45) is 0 Å². The van der Waals surface area contributed by atoms with Gasteiger partial charge in [0.1, 0.15) is 0 Å². The van der Waals surface area contributed by atoms with E-state index in [9.17, 15) is 0 Å². The first-order valence-electron chi connectivity index (χ1n) is 8.67. The number of hydrogen-bond acceptors (Lipinski definition) is 0. The van der Waals surface area contributed by atoms with Gasteiger partial charge >= 0.3 is 0 Å². The summed E-state index contributed by atoms with van der Waals surface area (Å²) in [4.78, 5) is 0. The summed E-state index contributed by atoms with van der Waals surface area (Å²) in [5, 5.41) is 0. The minimum atomic E-state index is 1.15. The second-order valence-corrected chi connectivity index (χ2v) is 6.00. The van der Waals surface area contributed by atoms with E-state index < -0.39 is 0 Å². The lowest BCUT2D eigenvalue weighted by Gasteiger charge is -2.02. The highest BCUT2D eigenvalue weighted by Crippen LogP contribution is 2.13. The first kappa shape index (κ1) is 19.0. The van der Waals surface area contributed by atoms with Gasteiger partial charge in [0.2, 0.25) is 0 Å². The quantitative estimate of drug-likeness (QED) is 0.272. The van der Waals surface area contributed by atoms with E-state index in [1.807, 2.05) is 0 Å². The van der Waals surface area contributed by atoms with Crippen LogP contribution in [0.1, 0.15) is 103 Å². The molecule has 0 fully saturated rings. The van der Waals surface area contributed by atoms with Crippen molar-refractivity contribution >= 4 is 11.6 Å². The van der Waals surface area contributed by atoms with Gasteiger partial charge in [-0.2, -0.15) is 0 Å². The van der Waals surface area contributed by atoms with Crippen LogP contribution in [0.2, 0.25) is 0 Å². The van der Waals surface area contributed by atoms with Crippen LogP contribution in [0.3, 0.4) is 0 Å². The first-order valence-corrected chi connectivity index (χ1v) is 9.10. The maximum absolute atomic E-state index is 5.48. The van der Waals surface area contributed by atoms with Gasteiger partial charge in [0.25, 0.3) is 0 Å². The Bertz CT molecular complexity index is 175. The van der Waals surface area contributed by atoms with Crippen molar-refractivity contribution in [3.63, 3.8) is 0 Å². The summed E-state index contributed by atoms with van der Waals surface area (Å²) in [6, 6.07) is 0. The summed E-state index contributed by atoms with van der Waals surface area (Å²) in [6.45, 7) is 2.29. The normalized spacial score (nSPS) is 11.5. The molecule has 0 aliphatic heterocycles. The molecule has 0 aromatic rings. The van der Waals surface area contributed by atoms with Crippen molar-refractivity contribution in [3.05, 3.63) is 11.6 Å². The maximum atomic E-state index is 5.48. The van der Waals surface area contributed by atoms with E-state index in [0.29, 0.717) is 0 Å². The number of allylic oxidation sites excluding steroid dienone is 1. The van der Waals surface area contributed by atoms with Gasteiger partial charge in [-0.3, -0.25) is 0 Å². The smallest absolute Gasteiger partial charge is 0.000245 e. The molecular formula is C18H35Cl. The van der Waals surface area contributed by atoms with Crippen LogP contribution in [0.4, 0.5) is 0 Å². The number of hydrogen-bond donors (Lipinski definition) is 0. The maximum Gasteiger partial charge on any atom is 0.000245 e. The summed E-state index contributed by atoms with van der Waals surface area (Å²) in [5.41, 5.74) is 1.64. The molecule has 0 N–H and O–H groups in total. The lowest BCUT2D eigenvalue weighted by atomic mass is 10.0. The Kier molecular flexibility index (Phi) is 18.1. The number of unbranched alkanes of at least 4 members (excludes halogenated alkanes) is 14. The standard InChI is InChI=1S/C18H35Cl/c1-2-3-4-5-6-7-8-9-10-11-12-13-14-15-16-17-18-19/h17-18H,2-16H2,1H3/b18-17+. The van der Waals surface area contributed by atoms with Crippen LogP contribution in [0.25, 0.3) is 0 Å². The molecule has 0 heterocycles. The lowest BCUT2D eigenvalue weighted by Crippen LogP contribution is -1.83. The van der Waals surface area contributed by atoms with Gasteiger partial charge in [0.15, 0.2) is 0 Å². The first-order chi connectivity index (χ1) is 9.41. The molecule has 0 saturated carbocycles. The van der Waals surface area contributed by atoms with Crippen molar-refractivity contribution in [2.45, 2.75) is 103 Å². The summed E-state index contributed by atoms with van der Waals surface area (Å²) in [7, 11) is 0. The van der Waals surface area contributed by atoms with Gasteiger partial charge in [-0.25, -0.2) is 0 Å². The second kappa shape index (κ2) is 18.0. The molecule has 0 spiro atoms. The largest absolute Gasteiger partial charge is 0.0933 e. The van der Waals surface area contributed by atoms with E-state index in [0.717, 1.165) is 6.42 Å². The molecule has 0 nitrogen and oxygen atoms in total. The van der Waals surface area contributed by atoms with Gasteiger partial charge < -0.3 is 0 Å². The Morgan fingerprint density at radius 1 is 0.579 bits per heavy atom. The Balaban J connectivity index is 2.91. The van der Waals surface area contributed by atoms with Crippen LogP contribution in [0.15, 0.2) is 11.6 Å². The molecule has 0 radical (unpaired) electrons. The van der Waals surface area contributed by atoms with E-state index in [2.05, 4.69) is 13.0 Å². The van der Waals surface area contributed by atoms with Crippen LogP contribution in [-0.4, -0.2) is 0 Å². The predicted octanol–water partition coefficient (Wildman–Crippen LogP) is 7.61. The SMILES string of the molecule is CCCCCCCCCCCCCCCC/C=C/Cl. The summed E-state index contributed by atoms with van der Waals surface area (Å²) in [6.07, 6.45) is 23.2. The van der Waals surface area contributed by atoms with Gasteiger partial charge in [-0.15, -0.1) is 0 Å². The van der Waals surface area contributed by atoms with Gasteiger partial charge in [-0.1, -0.05) is 108 Å². The molecule has 0 bridgehead atoms. The molecule has 0 amide bonds. The monoisotopic (exact) mass is 286 g/mol. The summed E-state index contributed by atoms with van der Waals surface area (Å²) < 4.78 is 0. The van der Waals surface area contributed by atoms with E-state index in [1.165, 1.54) is 89.9 Å². The minimum absolute atomic E-state index is 1.15. The van der Waals surface area contributed by atoms with Gasteiger partial charge in [0, 0.05) is 5.54 Å². The highest BCUT2D eigenvalue weighted by atomic mass is 35.5. The Labute approximate surface area is 127 Å². The third kappa shape index (κ3) is 18.0. The highest BCUT2D eigenvalue weighted by Gasteiger charge is 1.93. The predicted molar refractivity (Wildman–Crippen MR) is 89.9 cm³/mol. The molecular weight excluding hydrogens is 252 g/mol. The molecule has 1 heteroatoms. The lowest BCUT2D eigenvalue weighted by molar-refractivity contribution is 0.536. The average Bonchev–Trinajstić information content (AvgIpc) is 2.43. The van der Waals surface area contributed by atoms with Crippen molar-refractivity contribution in [3.8, 4) is 0 Å². The van der Waals surface area contributed by atoms with Crippen LogP contribution in [0, 0.1) is 0 Å². The van der Waals surface area contributed by atoms with Crippen LogP contribution < -0.4 is 0 Å². The zero-order valence-electron chi connectivity index (χ0n) is 13.1. The molecule has 19 heavy (non-hydrogen) atoms. The second-order valence-electron chi connectivity index (χ2n) is 5.75. The third-order valence-corrected chi connectivity index (χ3v) is 3.99. The van der Waals surface area contributed by atoms with Gasteiger partial charge in [-0.05, 0) is 12.8 Å². The molecule has 0 aromatic heterocycles. The van der Waals surface area contributed by atoms with Crippen molar-refractivity contribution in [1.82, 2.24) is 0 Å². The average molecular weight is 287 g/mol. The molecule has 0 rings (SSSR count). The van der Waals surface area contributed by atoms with E-state index in [1.54, 1.807) is 5.54 Å². The minimum Gasteiger partial charge on any atom is -0.0933 e. The van der Waals surface area contributed by atoms with E-state index >= 15 is 0 Å². The zero-order valence-corrected chi connectivity index (χ0v) is 13.9. The number of rotatable bonds is 15. The Hall–Kier alpha value is 0.0300. The topological polar surface area (TPSA) is 0 Å². The third-order valence-electron chi connectivity index (χ3n) is 3.81. The Morgan fingerprint density at radius 2 is 0.947 bits per heavy atom. The Morgan fingerprint density at radius 3 is 1.32 bits per heavy atom. The molecule has 0 unspecified atom stereocenters. The molecule has 114 valence electrons. The highest BCUT2D eigenvalue weighted by molar-refractivity contribution is 6.25. The summed E-state index contributed by atoms with van der Waals surface area (Å²) in [5.74, 6) is 0. The molecule has 0 saturated heterocycles. The van der Waals surface area contributed by atoms with Crippen molar-refractivity contribution in [2.75, 3.05) is 0 Å². The van der Waals surface area contributed by atoms with Crippen LogP contribution in [0.5, 0.6) is 0 Å². The van der Waals surface area contributed by atoms with Crippen LogP contribution >= 0.6 is 11.6 Å². The van der Waals surface area contributed by atoms with E-state index in [-0.39, 0.29) is 0 Å². The van der Waals surface area contributed by atoms with Gasteiger partial charge in [0.05, 0.1) is 0 Å². The summed E-state index contributed by atoms with van der Waals surface area (Å²) >= 11 is 5.48. The molecule has 0 aromatic carbocycles. The van der Waals surface area contributed by atoms with Crippen molar-refractivity contribution in [1.29, 1.82) is 0 Å². The fourth-order valence-electron chi connectivity index (χ4n) is 2.52. The fourth-order valence-corrected chi connectivity index (χ4v) is 2.65. The molecule has 0 aliphatic rings.